The van der Waals surface area contributed by atoms with Crippen LogP contribution in [0.25, 0.3) is 22.2 Å². The van der Waals surface area contributed by atoms with E-state index in [0.29, 0.717) is 11.1 Å². The molecule has 106 valence electrons. The molecule has 3 aromatic rings. The van der Waals surface area contributed by atoms with Crippen LogP contribution in [0.2, 0.25) is 0 Å². The van der Waals surface area contributed by atoms with Crippen molar-refractivity contribution in [3.63, 3.8) is 0 Å². The molecule has 0 spiro atoms. The highest BCUT2D eigenvalue weighted by molar-refractivity contribution is 5.83. The number of H-pyrrole nitrogens is 1. The second-order valence-corrected chi connectivity index (χ2v) is 4.91. The summed E-state index contributed by atoms with van der Waals surface area (Å²) in [5, 5.41) is 27.8. The first-order valence-corrected chi connectivity index (χ1v) is 6.74. The maximum Gasteiger partial charge on any atom is 0.0995 e. The minimum Gasteiger partial charge on any atom is -0.392 e. The lowest BCUT2D eigenvalue weighted by Crippen LogP contribution is -1.97. The molecule has 0 radical (unpaired) electrons. The number of aliphatic hydroxyl groups is 1. The zero-order valence-electron chi connectivity index (χ0n) is 11.7. The van der Waals surface area contributed by atoms with Crippen molar-refractivity contribution < 1.29 is 5.11 Å². The van der Waals surface area contributed by atoms with E-state index in [2.05, 4.69) is 22.1 Å². The number of hydrogen-bond acceptors (Lipinski definition) is 4. The first-order valence-electron chi connectivity index (χ1n) is 6.74. The number of fused-ring (bicyclic) bond motifs is 1. The molecular weight excluding hydrogens is 276 g/mol. The van der Waals surface area contributed by atoms with E-state index in [-0.39, 0.29) is 13.0 Å². The van der Waals surface area contributed by atoms with Gasteiger partial charge in [-0.05, 0) is 41.0 Å². The van der Waals surface area contributed by atoms with E-state index < -0.39 is 0 Å². The molecule has 5 heteroatoms. The third-order valence-electron chi connectivity index (χ3n) is 3.60. The molecule has 1 heterocycles. The Balaban J connectivity index is 2.25. The van der Waals surface area contributed by atoms with Crippen LogP contribution in [-0.2, 0) is 13.0 Å². The Hall–Kier alpha value is -3.15. The first kappa shape index (κ1) is 13.8. The summed E-state index contributed by atoms with van der Waals surface area (Å²) in [6.45, 7) is -0.232. The summed E-state index contributed by atoms with van der Waals surface area (Å²) in [5.41, 5.74) is 5.07. The van der Waals surface area contributed by atoms with E-state index in [4.69, 9.17) is 5.26 Å². The molecule has 0 amide bonds. The van der Waals surface area contributed by atoms with Gasteiger partial charge in [0.15, 0.2) is 0 Å². The van der Waals surface area contributed by atoms with E-state index >= 15 is 0 Å². The van der Waals surface area contributed by atoms with Crippen molar-refractivity contribution in [1.29, 1.82) is 10.5 Å². The summed E-state index contributed by atoms with van der Waals surface area (Å²) in [6, 6.07) is 13.4. The van der Waals surface area contributed by atoms with E-state index in [1.807, 2.05) is 24.3 Å². The third-order valence-corrected chi connectivity index (χ3v) is 3.60. The summed E-state index contributed by atoms with van der Waals surface area (Å²) < 4.78 is 0. The quantitative estimate of drug-likeness (QED) is 0.774. The van der Waals surface area contributed by atoms with Crippen LogP contribution in [0, 0.1) is 22.7 Å². The number of nitriles is 2. The average molecular weight is 288 g/mol. The van der Waals surface area contributed by atoms with Crippen molar-refractivity contribution in [3.8, 4) is 23.3 Å². The maximum atomic E-state index is 9.65. The molecule has 0 aliphatic rings. The molecule has 2 aromatic carbocycles. The van der Waals surface area contributed by atoms with Crippen LogP contribution in [0.1, 0.15) is 16.7 Å². The number of nitrogens with one attached hydrogen (secondary N) is 1. The largest absolute Gasteiger partial charge is 0.392 e. The van der Waals surface area contributed by atoms with E-state index in [9.17, 15) is 10.4 Å². The Labute approximate surface area is 127 Å². The van der Waals surface area contributed by atoms with Crippen molar-refractivity contribution in [2.75, 3.05) is 0 Å². The number of imidazole rings is 1. The Kier molecular flexibility index (Phi) is 3.57. The summed E-state index contributed by atoms with van der Waals surface area (Å²) in [4.78, 5) is 7.25. The summed E-state index contributed by atoms with van der Waals surface area (Å²) >= 11 is 0. The molecule has 0 saturated heterocycles. The van der Waals surface area contributed by atoms with Crippen molar-refractivity contribution in [3.05, 3.63) is 53.3 Å². The number of benzene rings is 2. The third kappa shape index (κ3) is 2.31. The van der Waals surface area contributed by atoms with E-state index in [1.54, 1.807) is 12.4 Å². The van der Waals surface area contributed by atoms with Crippen molar-refractivity contribution in [1.82, 2.24) is 9.97 Å². The molecule has 0 unspecified atom stereocenters. The van der Waals surface area contributed by atoms with Crippen LogP contribution in [0.4, 0.5) is 0 Å². The van der Waals surface area contributed by atoms with Gasteiger partial charge in [-0.25, -0.2) is 4.98 Å². The predicted octanol–water partition coefficient (Wildman–Crippen LogP) is 2.66. The standard InChI is InChI=1S/C17H12N4O/c18-4-3-11-5-13(8-19)15(9-22)14(6-11)12-1-2-16-17(7-12)21-10-20-16/h1-2,5-7,10,22H,3,9H2,(H,20,21). The van der Waals surface area contributed by atoms with Crippen LogP contribution in [0.15, 0.2) is 36.7 Å². The normalized spacial score (nSPS) is 10.3. The second-order valence-electron chi connectivity index (χ2n) is 4.91. The zero-order valence-corrected chi connectivity index (χ0v) is 11.7. The predicted molar refractivity (Wildman–Crippen MR) is 81.5 cm³/mol. The molecule has 0 fully saturated rings. The zero-order chi connectivity index (χ0) is 15.5. The molecule has 2 N–H and O–H groups in total. The van der Waals surface area contributed by atoms with Crippen LogP contribution in [0.3, 0.4) is 0 Å². The van der Waals surface area contributed by atoms with Gasteiger partial charge in [-0.2, -0.15) is 10.5 Å². The smallest absolute Gasteiger partial charge is 0.0995 e. The minimum absolute atomic E-state index is 0.220. The Morgan fingerprint density at radius 1 is 1.18 bits per heavy atom. The molecule has 5 nitrogen and oxygen atoms in total. The van der Waals surface area contributed by atoms with Crippen molar-refractivity contribution >= 4 is 11.0 Å². The number of aromatic amines is 1. The Morgan fingerprint density at radius 3 is 2.77 bits per heavy atom. The highest BCUT2D eigenvalue weighted by Crippen LogP contribution is 2.30. The van der Waals surface area contributed by atoms with Crippen LogP contribution in [0.5, 0.6) is 0 Å². The lowest BCUT2D eigenvalue weighted by atomic mass is 9.92. The summed E-state index contributed by atoms with van der Waals surface area (Å²) in [5.74, 6) is 0. The van der Waals surface area contributed by atoms with Crippen LogP contribution < -0.4 is 0 Å². The Morgan fingerprint density at radius 2 is 2.05 bits per heavy atom. The van der Waals surface area contributed by atoms with E-state index in [1.165, 1.54) is 0 Å². The van der Waals surface area contributed by atoms with Crippen LogP contribution >= 0.6 is 0 Å². The SMILES string of the molecule is N#CCc1cc(C#N)c(CO)c(-c2ccc3[nH]cnc3c2)c1. The van der Waals surface area contributed by atoms with Gasteiger partial charge in [0.05, 0.1) is 48.1 Å². The summed E-state index contributed by atoms with van der Waals surface area (Å²) in [7, 11) is 0. The van der Waals surface area contributed by atoms with Gasteiger partial charge in [-0.1, -0.05) is 6.07 Å². The molecule has 1 aromatic heterocycles. The lowest BCUT2D eigenvalue weighted by Gasteiger charge is -2.12. The maximum absolute atomic E-state index is 9.65. The number of aromatic nitrogens is 2. The highest BCUT2D eigenvalue weighted by atomic mass is 16.3. The fourth-order valence-electron chi connectivity index (χ4n) is 2.55. The average Bonchev–Trinajstić information content (AvgIpc) is 3.01. The fraction of sp³-hybridized carbons (Fsp3) is 0.118. The number of rotatable bonds is 3. The van der Waals surface area contributed by atoms with E-state index in [0.717, 1.165) is 27.7 Å². The molecule has 22 heavy (non-hydrogen) atoms. The topological polar surface area (TPSA) is 96.5 Å². The molecule has 0 saturated carbocycles. The van der Waals surface area contributed by atoms with Gasteiger partial charge in [-0.15, -0.1) is 0 Å². The number of hydrogen-bond donors (Lipinski definition) is 2. The van der Waals surface area contributed by atoms with Gasteiger partial charge in [-0.3, -0.25) is 0 Å². The van der Waals surface area contributed by atoms with Gasteiger partial charge in [0.2, 0.25) is 0 Å². The van der Waals surface area contributed by atoms with Gasteiger partial charge in [0, 0.05) is 5.56 Å². The second kappa shape index (κ2) is 5.69. The monoisotopic (exact) mass is 288 g/mol. The molecule has 0 bridgehead atoms. The van der Waals surface area contributed by atoms with Gasteiger partial charge in [0.25, 0.3) is 0 Å². The van der Waals surface area contributed by atoms with Gasteiger partial charge < -0.3 is 10.1 Å². The molecule has 0 aliphatic heterocycles. The van der Waals surface area contributed by atoms with Crippen LogP contribution in [-0.4, -0.2) is 15.1 Å². The van der Waals surface area contributed by atoms with Gasteiger partial charge >= 0.3 is 0 Å². The first-order chi connectivity index (χ1) is 10.8. The summed E-state index contributed by atoms with van der Waals surface area (Å²) in [6.07, 6.45) is 1.84. The lowest BCUT2D eigenvalue weighted by molar-refractivity contribution is 0.282. The minimum atomic E-state index is -0.232. The molecule has 0 aliphatic carbocycles. The van der Waals surface area contributed by atoms with Gasteiger partial charge in [0.1, 0.15) is 0 Å². The number of nitrogens with zero attached hydrogens (tertiary/aromatic N) is 3. The molecular formula is C17H12N4O. The van der Waals surface area contributed by atoms with Crippen molar-refractivity contribution in [2.24, 2.45) is 0 Å². The number of aliphatic hydroxyl groups excluding tert-OH is 1. The Bertz CT molecular complexity index is 928. The molecule has 0 atom stereocenters. The highest BCUT2D eigenvalue weighted by Gasteiger charge is 2.13. The van der Waals surface area contributed by atoms with Crippen molar-refractivity contribution in [2.45, 2.75) is 13.0 Å². The fourth-order valence-corrected chi connectivity index (χ4v) is 2.55. The molecule has 3 rings (SSSR count).